The Morgan fingerprint density at radius 2 is 2.54 bits per heavy atom. The zero-order chi connectivity index (χ0) is 9.26. The van der Waals surface area contributed by atoms with Crippen LogP contribution in [-0.4, -0.2) is 34.8 Å². The fraction of sp³-hybridized carbons (Fsp3) is 0.667. The van der Waals surface area contributed by atoms with Crippen molar-refractivity contribution >= 4 is 0 Å². The molecule has 0 spiro atoms. The van der Waals surface area contributed by atoms with Crippen molar-refractivity contribution in [1.82, 2.24) is 14.7 Å². The molecule has 0 radical (unpaired) electrons. The highest BCUT2D eigenvalue weighted by Crippen LogP contribution is 2.19. The van der Waals surface area contributed by atoms with Crippen LogP contribution in [0.3, 0.4) is 0 Å². The Kier molecular flexibility index (Phi) is 2.33. The second-order valence-corrected chi connectivity index (χ2v) is 3.74. The van der Waals surface area contributed by atoms with Crippen LogP contribution in [-0.2, 0) is 6.54 Å². The van der Waals surface area contributed by atoms with Gasteiger partial charge in [0.15, 0.2) is 0 Å². The predicted molar refractivity (Wildman–Crippen MR) is 51.3 cm³/mol. The van der Waals surface area contributed by atoms with E-state index in [4.69, 9.17) is 5.73 Å². The maximum atomic E-state index is 5.53. The van der Waals surface area contributed by atoms with Crippen LogP contribution in [0, 0.1) is 0 Å². The van der Waals surface area contributed by atoms with Crippen molar-refractivity contribution in [3.8, 4) is 0 Å². The fourth-order valence-electron chi connectivity index (χ4n) is 1.81. The first-order valence-electron chi connectivity index (χ1n) is 4.71. The Bertz CT molecular complexity index is 281. The van der Waals surface area contributed by atoms with Crippen LogP contribution in [0.1, 0.15) is 18.0 Å². The molecule has 4 heteroatoms. The highest BCUT2D eigenvalue weighted by molar-refractivity contribution is 5.03. The summed E-state index contributed by atoms with van der Waals surface area (Å²) in [7, 11) is 2.15. The number of nitrogens with zero attached hydrogens (tertiary/aromatic N) is 3. The molecular weight excluding hydrogens is 164 g/mol. The van der Waals surface area contributed by atoms with E-state index in [0.29, 0.717) is 12.6 Å². The quantitative estimate of drug-likeness (QED) is 0.708. The van der Waals surface area contributed by atoms with E-state index in [1.54, 1.807) is 0 Å². The van der Waals surface area contributed by atoms with E-state index in [9.17, 15) is 0 Å². The largest absolute Gasteiger partial charge is 0.326 e. The monoisotopic (exact) mass is 180 g/mol. The first-order chi connectivity index (χ1) is 6.29. The van der Waals surface area contributed by atoms with Crippen molar-refractivity contribution < 1.29 is 0 Å². The molecule has 2 heterocycles. The summed E-state index contributed by atoms with van der Waals surface area (Å²) in [5, 5.41) is 4.31. The maximum absolute atomic E-state index is 5.53. The molecule has 0 aromatic carbocycles. The van der Waals surface area contributed by atoms with E-state index < -0.39 is 0 Å². The summed E-state index contributed by atoms with van der Waals surface area (Å²) in [6.45, 7) is 2.86. The van der Waals surface area contributed by atoms with Gasteiger partial charge in [-0.15, -0.1) is 0 Å². The van der Waals surface area contributed by atoms with Gasteiger partial charge in [-0.25, -0.2) is 0 Å². The Labute approximate surface area is 78.3 Å². The van der Waals surface area contributed by atoms with Gasteiger partial charge in [0.05, 0.1) is 12.2 Å². The summed E-state index contributed by atoms with van der Waals surface area (Å²) < 4.78 is 2.05. The lowest BCUT2D eigenvalue weighted by molar-refractivity contribution is 0.382. The molecule has 13 heavy (non-hydrogen) atoms. The second-order valence-electron chi connectivity index (χ2n) is 3.74. The predicted octanol–water partition coefficient (Wildman–Crippen LogP) is 0.218. The van der Waals surface area contributed by atoms with Crippen molar-refractivity contribution in [2.45, 2.75) is 19.0 Å². The van der Waals surface area contributed by atoms with E-state index >= 15 is 0 Å². The minimum atomic E-state index is 0.547. The number of nitrogens with two attached hydrogens (primary N) is 1. The molecule has 1 aliphatic rings. The molecule has 0 aliphatic carbocycles. The lowest BCUT2D eigenvalue weighted by atomic mass is 10.3. The van der Waals surface area contributed by atoms with Crippen LogP contribution in [0.15, 0.2) is 12.4 Å². The molecule has 4 nitrogen and oxygen atoms in total. The topological polar surface area (TPSA) is 47.1 Å². The van der Waals surface area contributed by atoms with Gasteiger partial charge in [0.2, 0.25) is 0 Å². The van der Waals surface area contributed by atoms with E-state index in [1.807, 2.05) is 10.9 Å². The van der Waals surface area contributed by atoms with E-state index in [2.05, 4.69) is 23.2 Å². The fourth-order valence-corrected chi connectivity index (χ4v) is 1.81. The maximum Gasteiger partial charge on any atom is 0.0658 e. The lowest BCUT2D eigenvalue weighted by Crippen LogP contribution is -2.16. The van der Waals surface area contributed by atoms with E-state index in [1.165, 1.54) is 13.0 Å². The summed E-state index contributed by atoms with van der Waals surface area (Å²) in [5.41, 5.74) is 6.65. The Morgan fingerprint density at radius 1 is 1.69 bits per heavy atom. The number of likely N-dealkylation sites (N-methyl/N-ethyl adjacent to an activating group) is 1. The first kappa shape index (κ1) is 8.72. The Morgan fingerprint density at radius 3 is 3.08 bits per heavy atom. The molecular formula is C9H16N4. The number of rotatable bonds is 2. The van der Waals surface area contributed by atoms with Crippen LogP contribution in [0.4, 0.5) is 0 Å². The number of likely N-dealkylation sites (tertiary alicyclic amines) is 1. The summed E-state index contributed by atoms with van der Waals surface area (Å²) in [6, 6.07) is 0.547. The zero-order valence-electron chi connectivity index (χ0n) is 7.98. The molecule has 0 bridgehead atoms. The summed E-state index contributed by atoms with van der Waals surface area (Å²) in [6.07, 6.45) is 5.12. The van der Waals surface area contributed by atoms with Gasteiger partial charge in [0.25, 0.3) is 0 Å². The van der Waals surface area contributed by atoms with Crippen molar-refractivity contribution in [1.29, 1.82) is 0 Å². The van der Waals surface area contributed by atoms with E-state index in [-0.39, 0.29) is 0 Å². The van der Waals surface area contributed by atoms with Gasteiger partial charge in [0, 0.05) is 24.8 Å². The van der Waals surface area contributed by atoms with Crippen molar-refractivity contribution in [2.75, 3.05) is 20.1 Å². The third-order valence-corrected chi connectivity index (χ3v) is 2.63. The smallest absolute Gasteiger partial charge is 0.0658 e. The minimum absolute atomic E-state index is 0.547. The first-order valence-corrected chi connectivity index (χ1v) is 4.71. The minimum Gasteiger partial charge on any atom is -0.326 e. The Hall–Kier alpha value is -0.870. The molecule has 1 aliphatic heterocycles. The normalized spacial score (nSPS) is 24.0. The van der Waals surface area contributed by atoms with Crippen LogP contribution >= 0.6 is 0 Å². The molecule has 1 saturated heterocycles. The van der Waals surface area contributed by atoms with Gasteiger partial charge < -0.3 is 10.6 Å². The van der Waals surface area contributed by atoms with Crippen molar-refractivity contribution in [3.05, 3.63) is 18.0 Å². The average Bonchev–Trinajstić information content (AvgIpc) is 2.71. The van der Waals surface area contributed by atoms with Crippen molar-refractivity contribution in [3.63, 3.8) is 0 Å². The van der Waals surface area contributed by atoms with Gasteiger partial charge in [-0.05, 0) is 20.0 Å². The Balaban J connectivity index is 2.08. The van der Waals surface area contributed by atoms with Gasteiger partial charge >= 0.3 is 0 Å². The van der Waals surface area contributed by atoms with Crippen molar-refractivity contribution in [2.24, 2.45) is 5.73 Å². The summed E-state index contributed by atoms with van der Waals surface area (Å²) in [4.78, 5) is 2.33. The molecule has 72 valence electrons. The van der Waals surface area contributed by atoms with Gasteiger partial charge in [0.1, 0.15) is 0 Å². The third-order valence-electron chi connectivity index (χ3n) is 2.63. The number of aromatic nitrogens is 2. The van der Waals surface area contributed by atoms with Gasteiger partial charge in [-0.1, -0.05) is 0 Å². The highest BCUT2D eigenvalue weighted by Gasteiger charge is 2.21. The zero-order valence-corrected chi connectivity index (χ0v) is 7.98. The number of hydrogen-bond donors (Lipinski definition) is 1. The highest BCUT2D eigenvalue weighted by atomic mass is 15.3. The van der Waals surface area contributed by atoms with Crippen LogP contribution < -0.4 is 5.73 Å². The SMILES string of the molecule is CN1CCC(n2cc(CN)cn2)C1. The molecule has 1 unspecified atom stereocenters. The second kappa shape index (κ2) is 3.47. The van der Waals surface area contributed by atoms with Gasteiger partial charge in [-0.3, -0.25) is 4.68 Å². The standard InChI is InChI=1S/C9H16N4/c1-12-3-2-9(7-12)13-6-8(4-10)5-11-13/h5-6,9H,2-4,7,10H2,1H3. The molecule has 1 atom stereocenters. The van der Waals surface area contributed by atoms with E-state index in [0.717, 1.165) is 12.1 Å². The third kappa shape index (κ3) is 1.73. The summed E-state index contributed by atoms with van der Waals surface area (Å²) in [5.74, 6) is 0. The lowest BCUT2D eigenvalue weighted by Gasteiger charge is -2.10. The van der Waals surface area contributed by atoms with Crippen LogP contribution in [0.25, 0.3) is 0 Å². The molecule has 1 aromatic rings. The molecule has 1 aromatic heterocycles. The molecule has 1 fully saturated rings. The average molecular weight is 180 g/mol. The molecule has 0 amide bonds. The number of hydrogen-bond acceptors (Lipinski definition) is 3. The molecule has 2 N–H and O–H groups in total. The summed E-state index contributed by atoms with van der Waals surface area (Å²) >= 11 is 0. The van der Waals surface area contributed by atoms with Gasteiger partial charge in [-0.2, -0.15) is 5.10 Å². The molecule has 0 saturated carbocycles. The van der Waals surface area contributed by atoms with Crippen LogP contribution in [0.2, 0.25) is 0 Å². The van der Waals surface area contributed by atoms with Crippen LogP contribution in [0.5, 0.6) is 0 Å². The molecule has 2 rings (SSSR count).